The van der Waals surface area contributed by atoms with Crippen molar-refractivity contribution in [2.45, 2.75) is 81.9 Å². The van der Waals surface area contributed by atoms with Crippen LogP contribution in [0.25, 0.3) is 0 Å². The normalized spacial score (nSPS) is 30.9. The monoisotopic (exact) mass is 432 g/mol. The van der Waals surface area contributed by atoms with Gasteiger partial charge in [-0.25, -0.2) is 4.79 Å². The minimum Gasteiger partial charge on any atom is -0.433 e. The highest BCUT2D eigenvalue weighted by Gasteiger charge is 2.50. The summed E-state index contributed by atoms with van der Waals surface area (Å²) in [5, 5.41) is 12.9. The van der Waals surface area contributed by atoms with Crippen molar-refractivity contribution in [3.63, 3.8) is 0 Å². The molecule has 0 bridgehead atoms. The molecule has 172 valence electrons. The summed E-state index contributed by atoms with van der Waals surface area (Å²) in [6, 6.07) is 2.58. The number of amides is 2. The molecule has 4 aliphatic rings. The first-order valence-electron chi connectivity index (χ1n) is 12.1. The lowest BCUT2D eigenvalue weighted by Crippen LogP contribution is -2.60. The van der Waals surface area contributed by atoms with E-state index in [2.05, 4.69) is 11.4 Å². The van der Waals surface area contributed by atoms with Crippen LogP contribution >= 0.6 is 0 Å². The van der Waals surface area contributed by atoms with E-state index < -0.39 is 5.60 Å². The Hall–Kier alpha value is -1.85. The van der Waals surface area contributed by atoms with E-state index in [4.69, 9.17) is 9.47 Å². The second-order valence-electron chi connectivity index (χ2n) is 9.53. The minimum atomic E-state index is -1.07. The Morgan fingerprint density at radius 1 is 1.06 bits per heavy atom. The van der Waals surface area contributed by atoms with Crippen molar-refractivity contribution < 1.29 is 19.1 Å². The van der Waals surface area contributed by atoms with Gasteiger partial charge in [-0.2, -0.15) is 5.26 Å². The van der Waals surface area contributed by atoms with Crippen LogP contribution < -0.4 is 5.32 Å². The van der Waals surface area contributed by atoms with Crippen LogP contribution in [0.15, 0.2) is 0 Å². The lowest BCUT2D eigenvalue weighted by molar-refractivity contribution is -0.162. The van der Waals surface area contributed by atoms with Crippen molar-refractivity contribution in [3.05, 3.63) is 0 Å². The third-order valence-corrected chi connectivity index (χ3v) is 7.49. The van der Waals surface area contributed by atoms with Crippen LogP contribution in [-0.4, -0.2) is 78.9 Å². The zero-order valence-corrected chi connectivity index (χ0v) is 18.5. The number of nitrogens with one attached hydrogen (secondary N) is 1. The van der Waals surface area contributed by atoms with E-state index in [1.807, 2.05) is 4.90 Å². The molecule has 0 aromatic heterocycles. The molecule has 1 N–H and O–H groups in total. The summed E-state index contributed by atoms with van der Waals surface area (Å²) in [6.45, 7) is 3.69. The number of nitrogens with zero attached hydrogens (tertiary/aromatic N) is 3. The maximum Gasteiger partial charge on any atom is 0.410 e. The molecule has 8 nitrogen and oxygen atoms in total. The number of nitriles is 1. The van der Waals surface area contributed by atoms with Crippen LogP contribution in [0.4, 0.5) is 4.79 Å². The van der Waals surface area contributed by atoms with Gasteiger partial charge in [-0.1, -0.05) is 12.8 Å². The predicted octanol–water partition coefficient (Wildman–Crippen LogP) is 2.43. The van der Waals surface area contributed by atoms with Gasteiger partial charge < -0.3 is 24.6 Å². The third kappa shape index (κ3) is 4.98. The van der Waals surface area contributed by atoms with Gasteiger partial charge >= 0.3 is 6.09 Å². The van der Waals surface area contributed by atoms with Gasteiger partial charge in [0.15, 0.2) is 5.60 Å². The van der Waals surface area contributed by atoms with Gasteiger partial charge in [0.25, 0.3) is 5.91 Å². The van der Waals surface area contributed by atoms with E-state index in [9.17, 15) is 14.9 Å². The molecule has 31 heavy (non-hydrogen) atoms. The fourth-order valence-corrected chi connectivity index (χ4v) is 5.74. The average molecular weight is 433 g/mol. The van der Waals surface area contributed by atoms with Crippen LogP contribution in [0.3, 0.4) is 0 Å². The molecule has 0 spiro atoms. The van der Waals surface area contributed by atoms with Gasteiger partial charge in [0.1, 0.15) is 0 Å². The molecular formula is C23H36N4O4. The third-order valence-electron chi connectivity index (χ3n) is 7.49. The largest absolute Gasteiger partial charge is 0.433 e. The molecule has 2 saturated heterocycles. The van der Waals surface area contributed by atoms with Gasteiger partial charge in [0.05, 0.1) is 19.3 Å². The van der Waals surface area contributed by atoms with E-state index in [-0.39, 0.29) is 30.0 Å². The lowest BCUT2D eigenvalue weighted by atomic mass is 9.80. The average Bonchev–Trinajstić information content (AvgIpc) is 3.35. The number of morpholine rings is 1. The molecule has 3 unspecified atom stereocenters. The number of carbonyl (C=O) groups is 2. The van der Waals surface area contributed by atoms with E-state index >= 15 is 0 Å². The molecule has 0 aromatic carbocycles. The van der Waals surface area contributed by atoms with Crippen LogP contribution in [0.5, 0.6) is 0 Å². The van der Waals surface area contributed by atoms with Gasteiger partial charge in [-0.15, -0.1) is 0 Å². The summed E-state index contributed by atoms with van der Waals surface area (Å²) in [5.74, 6) is -0.0206. The van der Waals surface area contributed by atoms with Gasteiger partial charge in [0, 0.05) is 37.6 Å². The predicted molar refractivity (Wildman–Crippen MR) is 114 cm³/mol. The Morgan fingerprint density at radius 2 is 1.84 bits per heavy atom. The fraction of sp³-hybridized carbons (Fsp3) is 0.870. The quantitative estimate of drug-likeness (QED) is 0.733. The summed E-state index contributed by atoms with van der Waals surface area (Å²) in [6.07, 6.45) is 8.08. The zero-order valence-electron chi connectivity index (χ0n) is 18.5. The molecule has 0 radical (unpaired) electrons. The van der Waals surface area contributed by atoms with Gasteiger partial charge in [-0.3, -0.25) is 4.79 Å². The number of hydrogen-bond acceptors (Lipinski definition) is 6. The molecule has 2 aliphatic carbocycles. The highest BCUT2D eigenvalue weighted by molar-refractivity contribution is 5.88. The van der Waals surface area contributed by atoms with Crippen molar-refractivity contribution in [1.82, 2.24) is 15.1 Å². The molecule has 2 heterocycles. The maximum atomic E-state index is 14.2. The Labute approximate surface area is 185 Å². The van der Waals surface area contributed by atoms with Crippen LogP contribution in [0, 0.1) is 17.2 Å². The second-order valence-corrected chi connectivity index (χ2v) is 9.53. The second kappa shape index (κ2) is 10.2. The summed E-state index contributed by atoms with van der Waals surface area (Å²) in [7, 11) is 0. The van der Waals surface area contributed by atoms with E-state index in [1.54, 1.807) is 4.90 Å². The molecule has 2 saturated carbocycles. The van der Waals surface area contributed by atoms with Crippen molar-refractivity contribution in [3.8, 4) is 6.07 Å². The molecule has 0 aromatic rings. The topological polar surface area (TPSA) is 94.9 Å². The smallest absolute Gasteiger partial charge is 0.410 e. The summed E-state index contributed by atoms with van der Waals surface area (Å²) in [4.78, 5) is 30.9. The van der Waals surface area contributed by atoms with Crippen molar-refractivity contribution >= 4 is 12.0 Å². The molecule has 3 atom stereocenters. The first kappa shape index (κ1) is 22.3. The van der Waals surface area contributed by atoms with E-state index in [0.29, 0.717) is 39.1 Å². The SMILES string of the molecule is N#CC1CCCC(N(C(=O)C2(OC(=O)N3CCOCC3)CCCCC2)C2CCNC2)C1. The molecule has 4 fully saturated rings. The van der Waals surface area contributed by atoms with E-state index in [0.717, 1.165) is 64.5 Å². The number of rotatable bonds is 4. The van der Waals surface area contributed by atoms with Gasteiger partial charge in [0.2, 0.25) is 0 Å². The van der Waals surface area contributed by atoms with Crippen molar-refractivity contribution in [2.24, 2.45) is 5.92 Å². The highest BCUT2D eigenvalue weighted by atomic mass is 16.6. The molecule has 2 amide bonds. The Balaban J connectivity index is 1.57. The fourth-order valence-electron chi connectivity index (χ4n) is 5.74. The number of carbonyl (C=O) groups excluding carboxylic acids is 2. The number of ether oxygens (including phenoxy) is 2. The molecule has 8 heteroatoms. The van der Waals surface area contributed by atoms with E-state index in [1.165, 1.54) is 0 Å². The molecular weight excluding hydrogens is 396 g/mol. The Bertz CT molecular complexity index is 676. The summed E-state index contributed by atoms with van der Waals surface area (Å²) >= 11 is 0. The zero-order chi connectivity index (χ0) is 21.7. The highest BCUT2D eigenvalue weighted by Crippen LogP contribution is 2.38. The maximum absolute atomic E-state index is 14.2. The molecule has 4 rings (SSSR count). The molecule has 2 aliphatic heterocycles. The standard InChI is InChI=1S/C23H36N4O4/c24-16-18-5-4-6-19(15-18)27(20-7-10-25-17-20)21(28)23(8-2-1-3-9-23)31-22(29)26-11-13-30-14-12-26/h18-20,25H,1-15,17H2. The summed E-state index contributed by atoms with van der Waals surface area (Å²) in [5.41, 5.74) is -1.07. The lowest BCUT2D eigenvalue weighted by Gasteiger charge is -2.46. The minimum absolute atomic E-state index is 0.00150. The van der Waals surface area contributed by atoms with Crippen molar-refractivity contribution in [2.75, 3.05) is 39.4 Å². The number of hydrogen-bond donors (Lipinski definition) is 1. The van der Waals surface area contributed by atoms with Crippen LogP contribution in [-0.2, 0) is 14.3 Å². The summed E-state index contributed by atoms with van der Waals surface area (Å²) < 4.78 is 11.5. The van der Waals surface area contributed by atoms with Gasteiger partial charge in [-0.05, 0) is 57.9 Å². The first-order valence-corrected chi connectivity index (χ1v) is 12.1. The van der Waals surface area contributed by atoms with Crippen LogP contribution in [0.1, 0.15) is 64.2 Å². The Kier molecular flexibility index (Phi) is 7.34. The first-order chi connectivity index (χ1) is 15.1. The van der Waals surface area contributed by atoms with Crippen molar-refractivity contribution in [1.29, 1.82) is 5.26 Å². The van der Waals surface area contributed by atoms with Crippen LogP contribution in [0.2, 0.25) is 0 Å². The Morgan fingerprint density at radius 3 is 2.52 bits per heavy atom.